The van der Waals surface area contributed by atoms with Crippen molar-refractivity contribution in [3.05, 3.63) is 71.3 Å². The highest BCUT2D eigenvalue weighted by molar-refractivity contribution is 5.95. The van der Waals surface area contributed by atoms with Crippen molar-refractivity contribution in [1.82, 2.24) is 4.90 Å². The summed E-state index contributed by atoms with van der Waals surface area (Å²) in [6, 6.07) is 17.9. The molecule has 0 spiro atoms. The number of rotatable bonds is 5. The second kappa shape index (κ2) is 7.49. The largest absolute Gasteiger partial charge is 0.469 e. The number of hydrogen-bond donors (Lipinski definition) is 2. The number of carbonyl (C=O) groups excluding carboxylic acids is 1. The first-order valence-electron chi connectivity index (χ1n) is 8.37. The highest BCUT2D eigenvalue weighted by Gasteiger charge is 2.39. The van der Waals surface area contributed by atoms with Gasteiger partial charge in [0.05, 0.1) is 13.0 Å². The highest BCUT2D eigenvalue weighted by atomic mass is 16.5. The number of methoxy groups -OCH3 is 1. The summed E-state index contributed by atoms with van der Waals surface area (Å²) in [5.74, 6) is -0.323. The number of benzene rings is 2. The van der Waals surface area contributed by atoms with Crippen molar-refractivity contribution in [2.75, 3.05) is 20.2 Å². The Morgan fingerprint density at radius 1 is 1.20 bits per heavy atom. The first-order chi connectivity index (χ1) is 12.1. The van der Waals surface area contributed by atoms with Gasteiger partial charge in [0.1, 0.15) is 5.84 Å². The Bertz CT molecular complexity index is 761. The molecule has 0 saturated carbocycles. The standard InChI is InChI=1S/C20H23N3O2/c1-25-20(24)18-13-23(11-14-6-3-2-4-7-14)12-17(18)15-8-5-9-16(10-15)19(21)22/h2-10,17-18H,11-13H2,1H3,(H3,21,22). The van der Waals surface area contributed by atoms with Crippen LogP contribution in [0.3, 0.4) is 0 Å². The van der Waals surface area contributed by atoms with Crippen LogP contribution in [0.1, 0.15) is 22.6 Å². The molecule has 5 heteroatoms. The van der Waals surface area contributed by atoms with E-state index in [-0.39, 0.29) is 23.6 Å². The van der Waals surface area contributed by atoms with Crippen molar-refractivity contribution >= 4 is 11.8 Å². The lowest BCUT2D eigenvalue weighted by atomic mass is 9.88. The number of likely N-dealkylation sites (tertiary alicyclic amines) is 1. The molecule has 2 unspecified atom stereocenters. The van der Waals surface area contributed by atoms with Gasteiger partial charge in [-0.1, -0.05) is 48.5 Å². The topological polar surface area (TPSA) is 79.4 Å². The second-order valence-electron chi connectivity index (χ2n) is 6.45. The number of nitrogens with zero attached hydrogens (tertiary/aromatic N) is 1. The summed E-state index contributed by atoms with van der Waals surface area (Å²) < 4.78 is 5.03. The van der Waals surface area contributed by atoms with Gasteiger partial charge in [-0.15, -0.1) is 0 Å². The van der Waals surface area contributed by atoms with Crippen molar-refractivity contribution in [3.63, 3.8) is 0 Å². The van der Waals surface area contributed by atoms with E-state index in [4.69, 9.17) is 15.9 Å². The minimum Gasteiger partial charge on any atom is -0.469 e. The van der Waals surface area contributed by atoms with E-state index in [1.54, 1.807) is 0 Å². The molecule has 0 radical (unpaired) electrons. The fraction of sp³-hybridized carbons (Fsp3) is 0.300. The average Bonchev–Trinajstić information content (AvgIpc) is 3.06. The molecule has 1 aliphatic rings. The van der Waals surface area contributed by atoms with Gasteiger partial charge in [0.25, 0.3) is 0 Å². The summed E-state index contributed by atoms with van der Waals surface area (Å²) in [5, 5.41) is 7.64. The molecule has 130 valence electrons. The van der Waals surface area contributed by atoms with E-state index in [1.807, 2.05) is 42.5 Å². The van der Waals surface area contributed by atoms with Gasteiger partial charge in [-0.2, -0.15) is 0 Å². The van der Waals surface area contributed by atoms with Crippen molar-refractivity contribution in [2.24, 2.45) is 11.7 Å². The van der Waals surface area contributed by atoms with Gasteiger partial charge >= 0.3 is 5.97 Å². The van der Waals surface area contributed by atoms with E-state index in [9.17, 15) is 4.79 Å². The predicted molar refractivity (Wildman–Crippen MR) is 97.4 cm³/mol. The molecule has 5 nitrogen and oxygen atoms in total. The summed E-state index contributed by atoms with van der Waals surface area (Å²) in [5.41, 5.74) is 8.55. The van der Waals surface area contributed by atoms with Crippen molar-refractivity contribution in [2.45, 2.75) is 12.5 Å². The van der Waals surface area contributed by atoms with E-state index >= 15 is 0 Å². The summed E-state index contributed by atoms with van der Waals surface area (Å²) >= 11 is 0. The Morgan fingerprint density at radius 2 is 1.96 bits per heavy atom. The minimum absolute atomic E-state index is 0.0375. The van der Waals surface area contributed by atoms with Crippen LogP contribution in [0.15, 0.2) is 54.6 Å². The highest BCUT2D eigenvalue weighted by Crippen LogP contribution is 2.34. The smallest absolute Gasteiger partial charge is 0.310 e. The third-order valence-electron chi connectivity index (χ3n) is 4.77. The maximum atomic E-state index is 12.3. The molecule has 0 aliphatic carbocycles. The van der Waals surface area contributed by atoms with E-state index in [0.29, 0.717) is 12.1 Å². The maximum Gasteiger partial charge on any atom is 0.310 e. The van der Waals surface area contributed by atoms with Crippen molar-refractivity contribution in [1.29, 1.82) is 5.41 Å². The van der Waals surface area contributed by atoms with Crippen molar-refractivity contribution in [3.8, 4) is 0 Å². The average molecular weight is 337 g/mol. The first-order valence-corrected chi connectivity index (χ1v) is 8.37. The van der Waals surface area contributed by atoms with E-state index in [2.05, 4.69) is 17.0 Å². The van der Waals surface area contributed by atoms with Crippen LogP contribution in [0.2, 0.25) is 0 Å². The molecule has 0 amide bonds. The quantitative estimate of drug-likeness (QED) is 0.499. The van der Waals surface area contributed by atoms with Crippen LogP contribution >= 0.6 is 0 Å². The molecule has 1 saturated heterocycles. The van der Waals surface area contributed by atoms with Crippen LogP contribution in [-0.4, -0.2) is 36.9 Å². The number of nitrogens with two attached hydrogens (primary N) is 1. The van der Waals surface area contributed by atoms with E-state index in [1.165, 1.54) is 12.7 Å². The zero-order chi connectivity index (χ0) is 17.8. The molecule has 2 atom stereocenters. The van der Waals surface area contributed by atoms with Crippen LogP contribution in [0, 0.1) is 11.3 Å². The van der Waals surface area contributed by atoms with Gasteiger partial charge < -0.3 is 10.5 Å². The number of carbonyl (C=O) groups is 1. The van der Waals surface area contributed by atoms with Crippen LogP contribution in [-0.2, 0) is 16.1 Å². The van der Waals surface area contributed by atoms with Crippen LogP contribution in [0.5, 0.6) is 0 Å². The van der Waals surface area contributed by atoms with Crippen LogP contribution in [0.25, 0.3) is 0 Å². The fourth-order valence-corrected chi connectivity index (χ4v) is 3.52. The third-order valence-corrected chi connectivity index (χ3v) is 4.77. The third kappa shape index (κ3) is 3.88. The zero-order valence-electron chi connectivity index (χ0n) is 14.3. The Labute approximate surface area is 147 Å². The molecule has 2 aromatic carbocycles. The Morgan fingerprint density at radius 3 is 2.64 bits per heavy atom. The molecule has 2 aromatic rings. The molecular formula is C20H23N3O2. The summed E-state index contributed by atoms with van der Waals surface area (Å²) in [6.07, 6.45) is 0. The SMILES string of the molecule is COC(=O)C1CN(Cc2ccccc2)CC1c1cccc(C(=N)N)c1. The predicted octanol–water partition coefficient (Wildman–Crippen LogP) is 2.36. The fourth-order valence-electron chi connectivity index (χ4n) is 3.52. The molecule has 1 aliphatic heterocycles. The molecule has 1 heterocycles. The summed E-state index contributed by atoms with van der Waals surface area (Å²) in [4.78, 5) is 14.6. The van der Waals surface area contributed by atoms with Gasteiger partial charge in [0, 0.05) is 31.1 Å². The number of esters is 1. The number of hydrogen-bond acceptors (Lipinski definition) is 4. The Kier molecular flexibility index (Phi) is 5.14. The van der Waals surface area contributed by atoms with Gasteiger partial charge in [-0.25, -0.2) is 0 Å². The van der Waals surface area contributed by atoms with Gasteiger partial charge in [0.15, 0.2) is 0 Å². The molecule has 3 N–H and O–H groups in total. The van der Waals surface area contributed by atoms with E-state index < -0.39 is 0 Å². The van der Waals surface area contributed by atoms with Crippen LogP contribution in [0.4, 0.5) is 0 Å². The lowest BCUT2D eigenvalue weighted by Gasteiger charge is -2.17. The lowest BCUT2D eigenvalue weighted by molar-refractivity contribution is -0.145. The molecule has 3 rings (SSSR count). The molecule has 25 heavy (non-hydrogen) atoms. The number of nitrogens with one attached hydrogen (secondary N) is 1. The lowest BCUT2D eigenvalue weighted by Crippen LogP contribution is -2.24. The minimum atomic E-state index is -0.212. The molecule has 0 bridgehead atoms. The van der Waals surface area contributed by atoms with Gasteiger partial charge in [-0.3, -0.25) is 15.1 Å². The number of nitrogen functional groups attached to an aromatic ring is 1. The van der Waals surface area contributed by atoms with Gasteiger partial charge in [0.2, 0.25) is 0 Å². The zero-order valence-corrected chi connectivity index (χ0v) is 14.3. The molecule has 1 fully saturated rings. The van der Waals surface area contributed by atoms with Gasteiger partial charge in [-0.05, 0) is 17.2 Å². The Hall–Kier alpha value is -2.66. The Balaban J connectivity index is 1.84. The molecular weight excluding hydrogens is 314 g/mol. The number of amidine groups is 1. The molecule has 0 aromatic heterocycles. The second-order valence-corrected chi connectivity index (χ2v) is 6.45. The summed E-state index contributed by atoms with van der Waals surface area (Å²) in [6.45, 7) is 2.24. The first kappa shape index (κ1) is 17.2. The van der Waals surface area contributed by atoms with Crippen LogP contribution < -0.4 is 5.73 Å². The summed E-state index contributed by atoms with van der Waals surface area (Å²) in [7, 11) is 1.44. The van der Waals surface area contributed by atoms with E-state index in [0.717, 1.165) is 18.7 Å². The number of ether oxygens (including phenoxy) is 1. The normalized spacial score (nSPS) is 20.4. The maximum absolute atomic E-state index is 12.3. The monoisotopic (exact) mass is 337 g/mol. The van der Waals surface area contributed by atoms with Crippen molar-refractivity contribution < 1.29 is 9.53 Å².